The first-order chi connectivity index (χ1) is 9.09. The van der Waals surface area contributed by atoms with Crippen LogP contribution in [0.25, 0.3) is 11.5 Å². The standard InChI is InChI=1S/C18H18O/c1-13-9-5-7-11-17(13)15(3)19-16(4)18-12-8-6-10-14(18)2/h5-12H,3-4H2,1-2H3. The molecule has 2 aromatic carbocycles. The van der Waals surface area contributed by atoms with Gasteiger partial charge in [0.25, 0.3) is 0 Å². The molecule has 0 unspecified atom stereocenters. The monoisotopic (exact) mass is 250 g/mol. The van der Waals surface area contributed by atoms with Gasteiger partial charge >= 0.3 is 0 Å². The minimum atomic E-state index is 0.631. The lowest BCUT2D eigenvalue weighted by Crippen LogP contribution is -1.95. The highest BCUT2D eigenvalue weighted by Crippen LogP contribution is 2.26. The minimum Gasteiger partial charge on any atom is -0.457 e. The summed E-state index contributed by atoms with van der Waals surface area (Å²) in [6, 6.07) is 16.1. The van der Waals surface area contributed by atoms with Gasteiger partial charge in [0.1, 0.15) is 11.5 Å². The molecule has 0 aliphatic rings. The first-order valence-electron chi connectivity index (χ1n) is 6.27. The molecule has 96 valence electrons. The van der Waals surface area contributed by atoms with Crippen molar-refractivity contribution in [3.8, 4) is 0 Å². The Morgan fingerprint density at radius 3 is 1.47 bits per heavy atom. The topological polar surface area (TPSA) is 9.23 Å². The molecule has 0 spiro atoms. The van der Waals surface area contributed by atoms with Gasteiger partial charge in [-0.1, -0.05) is 61.7 Å². The van der Waals surface area contributed by atoms with Gasteiger partial charge in [0.15, 0.2) is 0 Å². The summed E-state index contributed by atoms with van der Waals surface area (Å²) in [5.41, 5.74) is 4.31. The summed E-state index contributed by atoms with van der Waals surface area (Å²) in [5.74, 6) is 1.26. The van der Waals surface area contributed by atoms with Gasteiger partial charge in [-0.2, -0.15) is 0 Å². The van der Waals surface area contributed by atoms with Gasteiger partial charge in [0, 0.05) is 11.1 Å². The van der Waals surface area contributed by atoms with E-state index in [9.17, 15) is 0 Å². The van der Waals surface area contributed by atoms with E-state index in [-0.39, 0.29) is 0 Å². The normalized spacial score (nSPS) is 10.0. The van der Waals surface area contributed by atoms with Crippen molar-refractivity contribution >= 4 is 11.5 Å². The van der Waals surface area contributed by atoms with Crippen molar-refractivity contribution in [3.05, 3.63) is 83.9 Å². The van der Waals surface area contributed by atoms with Crippen LogP contribution in [0, 0.1) is 13.8 Å². The third-order valence-corrected chi connectivity index (χ3v) is 3.14. The smallest absolute Gasteiger partial charge is 0.127 e. The average Bonchev–Trinajstić information content (AvgIpc) is 2.39. The van der Waals surface area contributed by atoms with E-state index >= 15 is 0 Å². The molecule has 0 bridgehead atoms. The van der Waals surface area contributed by atoms with Gasteiger partial charge in [0.2, 0.25) is 0 Å². The van der Waals surface area contributed by atoms with E-state index in [2.05, 4.69) is 13.2 Å². The van der Waals surface area contributed by atoms with E-state index in [1.807, 2.05) is 62.4 Å². The molecular formula is C18H18O. The molecule has 2 aromatic rings. The van der Waals surface area contributed by atoms with Gasteiger partial charge in [-0.3, -0.25) is 0 Å². The fourth-order valence-electron chi connectivity index (χ4n) is 2.03. The van der Waals surface area contributed by atoms with Gasteiger partial charge in [-0.05, 0) is 25.0 Å². The highest BCUT2D eigenvalue weighted by Gasteiger charge is 2.08. The lowest BCUT2D eigenvalue weighted by Gasteiger charge is -2.14. The fraction of sp³-hybridized carbons (Fsp3) is 0.111. The molecule has 0 saturated carbocycles. The molecule has 0 aliphatic heterocycles. The molecular weight excluding hydrogens is 232 g/mol. The van der Waals surface area contributed by atoms with Crippen LogP contribution in [0.4, 0.5) is 0 Å². The van der Waals surface area contributed by atoms with E-state index in [1.165, 1.54) is 0 Å². The molecule has 0 aromatic heterocycles. The van der Waals surface area contributed by atoms with Crippen molar-refractivity contribution in [1.82, 2.24) is 0 Å². The van der Waals surface area contributed by atoms with Crippen LogP contribution in [0.5, 0.6) is 0 Å². The Morgan fingerprint density at radius 2 is 1.11 bits per heavy atom. The second-order valence-corrected chi connectivity index (χ2v) is 4.58. The summed E-state index contributed by atoms with van der Waals surface area (Å²) in [6.07, 6.45) is 0. The summed E-state index contributed by atoms with van der Waals surface area (Å²) < 4.78 is 5.80. The summed E-state index contributed by atoms with van der Waals surface area (Å²) in [6.45, 7) is 12.1. The minimum absolute atomic E-state index is 0.631. The molecule has 0 aliphatic carbocycles. The van der Waals surface area contributed by atoms with E-state index in [4.69, 9.17) is 4.74 Å². The molecule has 0 amide bonds. The van der Waals surface area contributed by atoms with Gasteiger partial charge in [-0.25, -0.2) is 0 Å². The molecule has 19 heavy (non-hydrogen) atoms. The van der Waals surface area contributed by atoms with Crippen molar-refractivity contribution < 1.29 is 4.74 Å². The number of hydrogen-bond acceptors (Lipinski definition) is 1. The predicted molar refractivity (Wildman–Crippen MR) is 81.5 cm³/mol. The van der Waals surface area contributed by atoms with E-state index in [0.717, 1.165) is 22.3 Å². The Balaban J connectivity index is 2.19. The van der Waals surface area contributed by atoms with Gasteiger partial charge in [-0.15, -0.1) is 0 Å². The largest absolute Gasteiger partial charge is 0.457 e. The molecule has 0 N–H and O–H groups in total. The van der Waals surface area contributed by atoms with Crippen LogP contribution in [0.2, 0.25) is 0 Å². The molecule has 0 fully saturated rings. The van der Waals surface area contributed by atoms with Crippen molar-refractivity contribution in [1.29, 1.82) is 0 Å². The fourth-order valence-corrected chi connectivity index (χ4v) is 2.03. The predicted octanol–water partition coefficient (Wildman–Crippen LogP) is 4.96. The zero-order valence-electron chi connectivity index (χ0n) is 11.4. The summed E-state index contributed by atoms with van der Waals surface area (Å²) in [7, 11) is 0. The number of ether oxygens (including phenoxy) is 1. The number of aryl methyl sites for hydroxylation is 2. The molecule has 0 heterocycles. The molecule has 1 nitrogen and oxygen atoms in total. The first-order valence-corrected chi connectivity index (χ1v) is 6.27. The summed E-state index contributed by atoms with van der Waals surface area (Å²) >= 11 is 0. The Bertz CT molecular complexity index is 568. The third kappa shape index (κ3) is 2.94. The van der Waals surface area contributed by atoms with E-state index < -0.39 is 0 Å². The lowest BCUT2D eigenvalue weighted by atomic mass is 10.1. The quantitative estimate of drug-likeness (QED) is 0.697. The molecule has 0 radical (unpaired) electrons. The maximum atomic E-state index is 5.80. The van der Waals surface area contributed by atoms with Gasteiger partial charge in [0.05, 0.1) is 0 Å². The van der Waals surface area contributed by atoms with E-state index in [0.29, 0.717) is 11.5 Å². The van der Waals surface area contributed by atoms with Gasteiger partial charge < -0.3 is 4.74 Å². The van der Waals surface area contributed by atoms with Crippen LogP contribution in [0.3, 0.4) is 0 Å². The Hall–Kier alpha value is -2.28. The third-order valence-electron chi connectivity index (χ3n) is 3.14. The summed E-state index contributed by atoms with van der Waals surface area (Å²) in [4.78, 5) is 0. The molecule has 0 saturated heterocycles. The highest BCUT2D eigenvalue weighted by atomic mass is 16.5. The van der Waals surface area contributed by atoms with Crippen molar-refractivity contribution in [3.63, 3.8) is 0 Å². The van der Waals surface area contributed by atoms with Crippen LogP contribution in [-0.2, 0) is 4.74 Å². The van der Waals surface area contributed by atoms with Crippen LogP contribution >= 0.6 is 0 Å². The van der Waals surface area contributed by atoms with Crippen LogP contribution in [0.15, 0.2) is 61.7 Å². The zero-order chi connectivity index (χ0) is 13.8. The molecule has 1 heteroatoms. The van der Waals surface area contributed by atoms with Crippen LogP contribution in [-0.4, -0.2) is 0 Å². The molecule has 0 atom stereocenters. The van der Waals surface area contributed by atoms with Crippen molar-refractivity contribution in [2.45, 2.75) is 13.8 Å². The Kier molecular flexibility index (Phi) is 3.86. The highest BCUT2D eigenvalue weighted by molar-refractivity contribution is 5.70. The number of rotatable bonds is 4. The summed E-state index contributed by atoms with van der Waals surface area (Å²) in [5, 5.41) is 0. The van der Waals surface area contributed by atoms with Crippen molar-refractivity contribution in [2.24, 2.45) is 0 Å². The Labute approximate surface area is 114 Å². The first kappa shape index (κ1) is 13.2. The average molecular weight is 250 g/mol. The maximum absolute atomic E-state index is 5.80. The second kappa shape index (κ2) is 5.57. The lowest BCUT2D eigenvalue weighted by molar-refractivity contribution is 0.473. The molecule has 2 rings (SSSR count). The SMILES string of the molecule is C=C(OC(=C)c1ccccc1C)c1ccccc1C. The number of hydrogen-bond donors (Lipinski definition) is 0. The maximum Gasteiger partial charge on any atom is 0.127 e. The zero-order valence-corrected chi connectivity index (χ0v) is 11.4. The van der Waals surface area contributed by atoms with Crippen LogP contribution in [0.1, 0.15) is 22.3 Å². The number of benzene rings is 2. The second-order valence-electron chi connectivity index (χ2n) is 4.58. The van der Waals surface area contributed by atoms with E-state index in [1.54, 1.807) is 0 Å². The van der Waals surface area contributed by atoms with Crippen molar-refractivity contribution in [2.75, 3.05) is 0 Å². The van der Waals surface area contributed by atoms with Crippen LogP contribution < -0.4 is 0 Å². The Morgan fingerprint density at radius 1 is 0.737 bits per heavy atom.